The molecular formula is C11H16ClNO. The highest BCUT2D eigenvalue weighted by molar-refractivity contribution is 6.17. The molecule has 0 aromatic carbocycles. The standard InChI is InChI=1S/C11H16ClNO/c1-4-9-6-8(3)10(7-12)11(5-2)13(9)14/h6H,4-5,7H2,1-3H3. The van der Waals surface area contributed by atoms with E-state index in [1.165, 1.54) is 0 Å². The summed E-state index contributed by atoms with van der Waals surface area (Å²) in [6.07, 6.45) is 1.50. The van der Waals surface area contributed by atoms with Gasteiger partial charge in [0.25, 0.3) is 0 Å². The van der Waals surface area contributed by atoms with Gasteiger partial charge in [-0.25, -0.2) is 0 Å². The largest absolute Gasteiger partial charge is 0.618 e. The van der Waals surface area contributed by atoms with Crippen molar-refractivity contribution in [2.45, 2.75) is 39.5 Å². The number of alkyl halides is 1. The average Bonchev–Trinajstić information content (AvgIpc) is 2.20. The molecule has 0 radical (unpaired) electrons. The molecule has 0 amide bonds. The Kier molecular flexibility index (Phi) is 3.76. The van der Waals surface area contributed by atoms with E-state index in [4.69, 9.17) is 11.6 Å². The fourth-order valence-electron chi connectivity index (χ4n) is 1.70. The highest BCUT2D eigenvalue weighted by Gasteiger charge is 2.16. The monoisotopic (exact) mass is 213 g/mol. The topological polar surface area (TPSA) is 26.9 Å². The first-order valence-electron chi connectivity index (χ1n) is 4.95. The van der Waals surface area contributed by atoms with Crippen molar-refractivity contribution in [3.63, 3.8) is 0 Å². The smallest absolute Gasteiger partial charge is 0.197 e. The van der Waals surface area contributed by atoms with Crippen LogP contribution in [0.3, 0.4) is 0 Å². The summed E-state index contributed by atoms with van der Waals surface area (Å²) in [5.74, 6) is 0.418. The zero-order valence-corrected chi connectivity index (χ0v) is 9.69. The molecule has 0 aliphatic carbocycles. The number of pyridine rings is 1. The van der Waals surface area contributed by atoms with Gasteiger partial charge in [-0.3, -0.25) is 0 Å². The number of aryl methyl sites for hydroxylation is 2. The summed E-state index contributed by atoms with van der Waals surface area (Å²) >= 11 is 5.83. The second-order valence-corrected chi connectivity index (χ2v) is 3.65. The fourth-order valence-corrected chi connectivity index (χ4v) is 2.07. The van der Waals surface area contributed by atoms with E-state index >= 15 is 0 Å². The molecule has 0 atom stereocenters. The molecule has 2 nitrogen and oxygen atoms in total. The summed E-state index contributed by atoms with van der Waals surface area (Å²) in [6.45, 7) is 5.98. The van der Waals surface area contributed by atoms with Crippen LogP contribution in [0.15, 0.2) is 6.07 Å². The van der Waals surface area contributed by atoms with E-state index in [1.54, 1.807) is 0 Å². The van der Waals surface area contributed by atoms with Crippen molar-refractivity contribution in [2.75, 3.05) is 0 Å². The van der Waals surface area contributed by atoms with E-state index in [9.17, 15) is 5.21 Å². The molecule has 0 aliphatic heterocycles. The molecule has 1 heterocycles. The van der Waals surface area contributed by atoms with E-state index in [1.807, 2.05) is 26.8 Å². The molecule has 0 saturated heterocycles. The SMILES string of the molecule is CCc1cc(C)c(CCl)c(CC)[n+]1[O-]. The Bertz CT molecular complexity index is 337. The lowest BCUT2D eigenvalue weighted by Gasteiger charge is -2.12. The minimum Gasteiger partial charge on any atom is -0.618 e. The summed E-state index contributed by atoms with van der Waals surface area (Å²) in [7, 11) is 0. The van der Waals surface area contributed by atoms with Crippen molar-refractivity contribution < 1.29 is 4.73 Å². The molecule has 1 aromatic rings. The van der Waals surface area contributed by atoms with Crippen LogP contribution in [-0.2, 0) is 18.7 Å². The molecule has 0 fully saturated rings. The Morgan fingerprint density at radius 3 is 2.43 bits per heavy atom. The van der Waals surface area contributed by atoms with Gasteiger partial charge in [-0.05, 0) is 12.5 Å². The minimum atomic E-state index is 0.418. The van der Waals surface area contributed by atoms with Crippen molar-refractivity contribution in [2.24, 2.45) is 0 Å². The Labute approximate surface area is 90.1 Å². The molecule has 1 aromatic heterocycles. The highest BCUT2D eigenvalue weighted by atomic mass is 35.5. The summed E-state index contributed by atoms with van der Waals surface area (Å²) in [4.78, 5) is 0. The summed E-state index contributed by atoms with van der Waals surface area (Å²) in [5.41, 5.74) is 3.76. The van der Waals surface area contributed by atoms with Crippen LogP contribution in [0.1, 0.15) is 36.4 Å². The van der Waals surface area contributed by atoms with Crippen LogP contribution < -0.4 is 4.73 Å². The third-order valence-corrected chi connectivity index (χ3v) is 2.81. The van der Waals surface area contributed by atoms with Crippen molar-refractivity contribution in [1.29, 1.82) is 0 Å². The van der Waals surface area contributed by atoms with Gasteiger partial charge >= 0.3 is 0 Å². The second kappa shape index (κ2) is 4.65. The molecule has 1 rings (SSSR count). The van der Waals surface area contributed by atoms with Crippen molar-refractivity contribution >= 4 is 11.6 Å². The lowest BCUT2D eigenvalue weighted by atomic mass is 10.1. The zero-order valence-electron chi connectivity index (χ0n) is 8.93. The average molecular weight is 214 g/mol. The number of nitrogens with zero attached hydrogens (tertiary/aromatic N) is 1. The van der Waals surface area contributed by atoms with E-state index in [0.29, 0.717) is 5.88 Å². The van der Waals surface area contributed by atoms with Crippen LogP contribution in [-0.4, -0.2) is 0 Å². The van der Waals surface area contributed by atoms with Crippen LogP contribution >= 0.6 is 11.6 Å². The van der Waals surface area contributed by atoms with E-state index in [-0.39, 0.29) is 0 Å². The first-order valence-corrected chi connectivity index (χ1v) is 5.48. The Morgan fingerprint density at radius 1 is 1.36 bits per heavy atom. The maximum atomic E-state index is 11.8. The van der Waals surface area contributed by atoms with E-state index in [0.717, 1.165) is 40.1 Å². The van der Waals surface area contributed by atoms with Gasteiger partial charge < -0.3 is 5.21 Å². The number of halogens is 1. The fraction of sp³-hybridized carbons (Fsp3) is 0.545. The molecule has 0 bridgehead atoms. The van der Waals surface area contributed by atoms with Crippen molar-refractivity contribution in [3.8, 4) is 0 Å². The molecule has 0 N–H and O–H groups in total. The number of hydrogen-bond acceptors (Lipinski definition) is 1. The van der Waals surface area contributed by atoms with E-state index < -0.39 is 0 Å². The third kappa shape index (κ3) is 1.85. The third-order valence-electron chi connectivity index (χ3n) is 2.54. The maximum absolute atomic E-state index is 11.8. The zero-order chi connectivity index (χ0) is 10.7. The van der Waals surface area contributed by atoms with Crippen molar-refractivity contribution in [3.05, 3.63) is 33.8 Å². The Hall–Kier alpha value is -0.760. The molecule has 0 unspecified atom stereocenters. The predicted molar refractivity (Wildman–Crippen MR) is 58.5 cm³/mol. The number of hydrogen-bond donors (Lipinski definition) is 0. The minimum absolute atomic E-state index is 0.418. The van der Waals surface area contributed by atoms with Crippen LogP contribution in [0.25, 0.3) is 0 Å². The lowest BCUT2D eigenvalue weighted by Crippen LogP contribution is -2.38. The molecule has 78 valence electrons. The molecule has 0 aliphatic rings. The predicted octanol–water partition coefficient (Wildman–Crippen LogP) is 2.49. The molecule has 0 spiro atoms. The summed E-state index contributed by atoms with van der Waals surface area (Å²) in [6, 6.07) is 1.93. The normalized spacial score (nSPS) is 10.6. The molecular weight excluding hydrogens is 198 g/mol. The lowest BCUT2D eigenvalue weighted by molar-refractivity contribution is -0.622. The van der Waals surface area contributed by atoms with Crippen LogP contribution in [0, 0.1) is 12.1 Å². The summed E-state index contributed by atoms with van der Waals surface area (Å²) < 4.78 is 1.03. The van der Waals surface area contributed by atoms with Crippen LogP contribution in [0.2, 0.25) is 0 Å². The molecule has 0 saturated carbocycles. The summed E-state index contributed by atoms with van der Waals surface area (Å²) in [5, 5.41) is 11.8. The quantitative estimate of drug-likeness (QED) is 0.431. The van der Waals surface area contributed by atoms with Gasteiger partial charge in [0.15, 0.2) is 11.4 Å². The molecule has 14 heavy (non-hydrogen) atoms. The van der Waals surface area contributed by atoms with E-state index in [2.05, 4.69) is 0 Å². The maximum Gasteiger partial charge on any atom is 0.197 e. The van der Waals surface area contributed by atoms with Gasteiger partial charge in [-0.1, -0.05) is 13.8 Å². The second-order valence-electron chi connectivity index (χ2n) is 3.38. The van der Waals surface area contributed by atoms with Gasteiger partial charge in [0.1, 0.15) is 0 Å². The van der Waals surface area contributed by atoms with Crippen LogP contribution in [0.5, 0.6) is 0 Å². The van der Waals surface area contributed by atoms with Crippen LogP contribution in [0.4, 0.5) is 0 Å². The number of rotatable bonds is 3. The van der Waals surface area contributed by atoms with Crippen molar-refractivity contribution in [1.82, 2.24) is 0 Å². The van der Waals surface area contributed by atoms with Gasteiger partial charge in [0.2, 0.25) is 0 Å². The highest BCUT2D eigenvalue weighted by Crippen LogP contribution is 2.15. The first-order chi connectivity index (χ1) is 6.65. The van der Waals surface area contributed by atoms with Gasteiger partial charge in [-0.15, -0.1) is 11.6 Å². The van der Waals surface area contributed by atoms with Gasteiger partial charge in [0, 0.05) is 24.5 Å². The Balaban J connectivity index is 3.40. The molecule has 3 heteroatoms. The Morgan fingerprint density at radius 2 is 2.00 bits per heavy atom. The number of aromatic nitrogens is 1. The van der Waals surface area contributed by atoms with Gasteiger partial charge in [-0.2, -0.15) is 4.73 Å². The van der Waals surface area contributed by atoms with Gasteiger partial charge in [0.05, 0.1) is 5.88 Å². The first kappa shape index (κ1) is 11.3.